The maximum absolute atomic E-state index is 12.0. The van der Waals surface area contributed by atoms with E-state index in [1.807, 2.05) is 138 Å². The molecule has 1 fully saturated rings. The van der Waals surface area contributed by atoms with Crippen LogP contribution in [0.15, 0.2) is 127 Å². The molecule has 0 atom stereocenters. The molecule has 4 heterocycles. The van der Waals surface area contributed by atoms with Crippen molar-refractivity contribution in [3.63, 3.8) is 0 Å². The van der Waals surface area contributed by atoms with E-state index >= 15 is 0 Å². The van der Waals surface area contributed by atoms with Crippen molar-refractivity contribution in [3.8, 4) is 75.5 Å². The number of benzene rings is 6. The van der Waals surface area contributed by atoms with E-state index in [4.69, 9.17) is 29.9 Å². The Labute approximate surface area is 618 Å². The second-order valence-electron chi connectivity index (χ2n) is 22.1. The molecule has 10 rings (SSSR count). The molecule has 0 saturated carbocycles. The van der Waals surface area contributed by atoms with E-state index in [2.05, 4.69) is 64.3 Å². The zero-order chi connectivity index (χ0) is 71.6. The number of rotatable bonds is 20. The summed E-state index contributed by atoms with van der Waals surface area (Å²) in [5, 5.41) is 57.7. The Morgan fingerprint density at radius 1 is 0.556 bits per heavy atom. The van der Waals surface area contributed by atoms with Crippen molar-refractivity contribution in [1.82, 2.24) is 24.3 Å². The minimum atomic E-state index is -0.750. The number of nitrogens with two attached hydrogens (primary N) is 1. The fraction of sp³-hybridized carbons (Fsp3) is 0.311. The normalized spacial score (nSPS) is 11.1. The number of aromatic nitrogens is 3. The Morgan fingerprint density at radius 3 is 1.26 bits per heavy atom. The molecule has 0 aliphatic carbocycles. The summed E-state index contributed by atoms with van der Waals surface area (Å²) in [6.45, 7) is 24.2. The summed E-state index contributed by atoms with van der Waals surface area (Å²) in [7, 11) is 0. The molecule has 510 valence electrons. The van der Waals surface area contributed by atoms with E-state index in [1.54, 1.807) is 58.9 Å². The zero-order valence-electron chi connectivity index (χ0n) is 58.0. The number of esters is 2. The third-order valence-electron chi connectivity index (χ3n) is 14.4. The Balaban J connectivity index is 0.000000245. The number of anilines is 3. The first-order chi connectivity index (χ1) is 47.1. The van der Waals surface area contributed by atoms with Gasteiger partial charge in [-0.05, 0) is 145 Å². The Morgan fingerprint density at radius 2 is 0.929 bits per heavy atom. The number of nitrogens with zero attached hydrogens (tertiary/aromatic N) is 8. The third kappa shape index (κ3) is 20.8. The molecule has 0 bridgehead atoms. The van der Waals surface area contributed by atoms with Crippen LogP contribution in [0, 0.1) is 45.5 Å². The monoisotopic (exact) mass is 1370 g/mol. The number of fused-ring (bicyclic) bond motifs is 3. The summed E-state index contributed by atoms with van der Waals surface area (Å²) < 4.78 is 36.5. The Kier molecular flexibility index (Phi) is 30.9. The number of imide groups is 1. The molecule has 9 aromatic rings. The fourth-order valence-electron chi connectivity index (χ4n) is 10.6. The van der Waals surface area contributed by atoms with Crippen LogP contribution in [-0.4, -0.2) is 102 Å². The predicted octanol–water partition coefficient (Wildman–Crippen LogP) is 9.32. The van der Waals surface area contributed by atoms with Gasteiger partial charge in [-0.2, -0.15) is 21.0 Å². The summed E-state index contributed by atoms with van der Waals surface area (Å²) in [5.74, 6) is 1.04. The molecule has 5 N–H and O–H groups in total. The van der Waals surface area contributed by atoms with Gasteiger partial charge in [-0.25, -0.2) is 19.3 Å². The molecule has 24 nitrogen and oxygen atoms in total. The van der Waals surface area contributed by atoms with E-state index < -0.39 is 29.6 Å². The molecule has 0 radical (unpaired) electrons. The molecule has 25 heteroatoms. The fourth-order valence-corrected chi connectivity index (χ4v) is 10.6. The maximum Gasteiger partial charge on any atom is 1.00 e. The van der Waals surface area contributed by atoms with Crippen LogP contribution in [0.25, 0.3) is 66.5 Å². The van der Waals surface area contributed by atoms with Crippen LogP contribution in [0.5, 0.6) is 17.2 Å². The van der Waals surface area contributed by atoms with E-state index in [9.17, 15) is 44.9 Å². The van der Waals surface area contributed by atoms with Gasteiger partial charge in [0.1, 0.15) is 42.0 Å². The van der Waals surface area contributed by atoms with E-state index in [0.29, 0.717) is 73.3 Å². The molecule has 6 aromatic carbocycles. The SMILES string of the molecule is CC(C)(C)[O-].CCOC(=O)CNC(=O)Nc1ccc(-c2c(C#N)c3ccc(OCC)cc3n2CC)cc1.CCOC(=O)COC#N.CCOc1ccc2c(C#N)c(-c3ccc(N)cc3)n(CC)c2c1.CCOc1ccc2c(C#N)c(-c3ccc(N4C(=O)CNC4=O)cc3)n(CC)c2c1.[K+]. The number of carbonyl (C=O) groups excluding carboxylic acids is 5. The first-order valence-electron chi connectivity index (χ1n) is 31.9. The second-order valence-corrected chi connectivity index (χ2v) is 22.1. The van der Waals surface area contributed by atoms with Crippen molar-refractivity contribution in [2.24, 2.45) is 0 Å². The van der Waals surface area contributed by atoms with Crippen molar-refractivity contribution >= 4 is 79.7 Å². The van der Waals surface area contributed by atoms with Crippen LogP contribution in [0.2, 0.25) is 0 Å². The van der Waals surface area contributed by atoms with Gasteiger partial charge in [0.05, 0.1) is 95.6 Å². The molecule has 1 saturated heterocycles. The number of aryl methyl sites for hydroxylation is 3. The Bertz CT molecular complexity index is 4430. The summed E-state index contributed by atoms with van der Waals surface area (Å²) >= 11 is 0. The van der Waals surface area contributed by atoms with Crippen molar-refractivity contribution in [3.05, 3.63) is 144 Å². The van der Waals surface area contributed by atoms with Crippen molar-refractivity contribution in [2.45, 2.75) is 101 Å². The molecule has 0 spiro atoms. The molecule has 1 aliphatic heterocycles. The third-order valence-corrected chi connectivity index (χ3v) is 14.4. The molecule has 5 amide bonds. The van der Waals surface area contributed by atoms with Gasteiger partial charge >= 0.3 is 75.4 Å². The second kappa shape index (κ2) is 38.6. The van der Waals surface area contributed by atoms with E-state index in [0.717, 1.165) is 95.2 Å². The Hall–Kier alpha value is -10.4. The van der Waals surface area contributed by atoms with E-state index in [1.165, 1.54) is 6.26 Å². The minimum absolute atomic E-state index is 0. The summed E-state index contributed by atoms with van der Waals surface area (Å²) in [6, 6.07) is 45.4. The van der Waals surface area contributed by atoms with Crippen LogP contribution in [0.3, 0.4) is 0 Å². The van der Waals surface area contributed by atoms with Crippen LogP contribution < -0.4 is 97.3 Å². The number of hydrogen-bond donors (Lipinski definition) is 4. The average Bonchev–Trinajstić information content (AvgIpc) is 1.63. The van der Waals surface area contributed by atoms with Crippen LogP contribution in [0.4, 0.5) is 26.7 Å². The van der Waals surface area contributed by atoms with Gasteiger partial charge in [-0.1, -0.05) is 57.2 Å². The number of nitrogen functional groups attached to an aromatic ring is 1. The molecule has 0 unspecified atom stereocenters. The standard InChI is InChI=1S/C24H26N4O4.C22H20N4O3.C19H19N3O.C5H7NO3.C4H9O.K/c1-4-28-21-13-18(31-5-2)11-12-19(21)20(14-25)23(28)16-7-9-17(10-8-16)27-24(30)26-15-22(29)32-6-3;1-3-25-19-11-16(29-4-2)9-10-17(19)18(12-23)21(25)14-5-7-15(8-6-14)26-20(27)13-24-22(26)28;1-3-22-18-11-15(23-4-2)9-10-16(18)17(12-20)19(22)13-5-7-14(21)8-6-13;1-2-9-5(7)3-8-4-6;1-4(2,3)5;/h7-13H,4-6,15H2,1-3H3,(H2,26,27,30);5-11H,3-4,13H2,1-2H3,(H,24,28);5-11H,3-4,21H2,1-2H3;2-3H2,1H3;1-3H3;/q;;;;-1;+1. The van der Waals surface area contributed by atoms with Crippen LogP contribution in [0.1, 0.15) is 92.9 Å². The van der Waals surface area contributed by atoms with Crippen molar-refractivity contribution in [2.75, 3.05) is 68.7 Å². The quantitative estimate of drug-likeness (QED) is 0.0181. The molecular formula is C74H81KN12O12. The summed E-state index contributed by atoms with van der Waals surface area (Å²) in [6.07, 6.45) is 1.36. The average molecular weight is 1370 g/mol. The maximum atomic E-state index is 12.0. The van der Waals surface area contributed by atoms with Crippen LogP contribution in [-0.2, 0) is 48.2 Å². The minimum Gasteiger partial charge on any atom is -0.850 e. The number of nitrogens with one attached hydrogen (secondary N) is 3. The molecule has 3 aromatic heterocycles. The largest absolute Gasteiger partial charge is 1.00 e. The number of hydrogen-bond acceptors (Lipinski definition) is 17. The first kappa shape index (κ1) is 79.3. The van der Waals surface area contributed by atoms with E-state index in [-0.39, 0.29) is 83.6 Å². The molecule has 99 heavy (non-hydrogen) atoms. The van der Waals surface area contributed by atoms with Gasteiger partial charge in [0.2, 0.25) is 0 Å². The number of urea groups is 2. The smallest absolute Gasteiger partial charge is 0.850 e. The van der Waals surface area contributed by atoms with Crippen molar-refractivity contribution < 1.29 is 109 Å². The molecule has 1 aliphatic rings. The topological polar surface area (TPSA) is 339 Å². The van der Waals surface area contributed by atoms with Gasteiger partial charge in [0.25, 0.3) is 12.2 Å². The van der Waals surface area contributed by atoms with Gasteiger partial charge in [-0.3, -0.25) is 9.59 Å². The van der Waals surface area contributed by atoms with Gasteiger partial charge in [0.15, 0.2) is 6.61 Å². The zero-order valence-corrected chi connectivity index (χ0v) is 61.1. The van der Waals surface area contributed by atoms with Crippen LogP contribution >= 0.6 is 0 Å². The molecular weight excluding hydrogens is 1290 g/mol. The first-order valence-corrected chi connectivity index (χ1v) is 31.9. The van der Waals surface area contributed by atoms with Gasteiger partial charge < -0.3 is 68.9 Å². The number of carbonyl (C=O) groups is 5. The number of nitriles is 4. The predicted molar refractivity (Wildman–Crippen MR) is 374 cm³/mol. The van der Waals surface area contributed by atoms with Gasteiger partial charge in [-0.15, -0.1) is 5.60 Å². The number of ether oxygens (including phenoxy) is 6. The van der Waals surface area contributed by atoms with Crippen molar-refractivity contribution in [1.29, 1.82) is 21.0 Å². The number of amides is 5. The summed E-state index contributed by atoms with van der Waals surface area (Å²) in [4.78, 5) is 58.6. The summed E-state index contributed by atoms with van der Waals surface area (Å²) in [5.41, 5.74) is 16.8. The van der Waals surface area contributed by atoms with Gasteiger partial charge in [0, 0.05) is 65.4 Å².